The number of hydrogen-bond acceptors (Lipinski definition) is 4. The third-order valence-electron chi connectivity index (χ3n) is 1.39. The summed E-state index contributed by atoms with van der Waals surface area (Å²) in [6.07, 6.45) is 3.63. The maximum atomic E-state index is 11.2. The second-order valence-corrected chi connectivity index (χ2v) is 4.05. The van der Waals surface area contributed by atoms with E-state index in [2.05, 4.69) is 4.74 Å². The van der Waals surface area contributed by atoms with Gasteiger partial charge < -0.3 is 9.47 Å². The number of methoxy groups -OCH3 is 1. The molecule has 86 valence electrons. The zero-order valence-electron chi connectivity index (χ0n) is 9.70. The lowest BCUT2D eigenvalue weighted by atomic mass is 10.2. The standard InChI is InChI=1S/C11H18O4/c1-11(2,3)15-10(13)8-6-5-7-9(12)14-4/h5,7H,6,8H2,1-4H3/b7-5+. The van der Waals surface area contributed by atoms with Crippen molar-refractivity contribution in [1.82, 2.24) is 0 Å². The van der Waals surface area contributed by atoms with Gasteiger partial charge in [0.25, 0.3) is 0 Å². The zero-order chi connectivity index (χ0) is 11.9. The van der Waals surface area contributed by atoms with Gasteiger partial charge in [-0.3, -0.25) is 4.79 Å². The average Bonchev–Trinajstić information content (AvgIpc) is 2.09. The number of carbonyl (C=O) groups excluding carboxylic acids is 2. The van der Waals surface area contributed by atoms with Crippen LogP contribution < -0.4 is 0 Å². The number of esters is 2. The maximum absolute atomic E-state index is 11.2. The van der Waals surface area contributed by atoms with E-state index in [0.29, 0.717) is 6.42 Å². The van der Waals surface area contributed by atoms with Crippen LogP contribution in [0.4, 0.5) is 0 Å². The van der Waals surface area contributed by atoms with Crippen LogP contribution in [0, 0.1) is 0 Å². The summed E-state index contributed by atoms with van der Waals surface area (Å²) in [5, 5.41) is 0. The fraction of sp³-hybridized carbons (Fsp3) is 0.636. The smallest absolute Gasteiger partial charge is 0.330 e. The van der Waals surface area contributed by atoms with Gasteiger partial charge in [-0.05, 0) is 27.2 Å². The van der Waals surface area contributed by atoms with Gasteiger partial charge in [0, 0.05) is 12.5 Å². The van der Waals surface area contributed by atoms with E-state index in [1.165, 1.54) is 13.2 Å². The number of carbonyl (C=O) groups is 2. The molecule has 0 heterocycles. The van der Waals surface area contributed by atoms with E-state index in [1.54, 1.807) is 6.08 Å². The minimum atomic E-state index is -0.455. The van der Waals surface area contributed by atoms with Crippen LogP contribution in [0.3, 0.4) is 0 Å². The molecule has 0 aliphatic heterocycles. The molecule has 0 unspecified atom stereocenters. The summed E-state index contributed by atoms with van der Waals surface area (Å²) in [5.74, 6) is -0.684. The summed E-state index contributed by atoms with van der Waals surface area (Å²) in [7, 11) is 1.31. The highest BCUT2D eigenvalue weighted by atomic mass is 16.6. The monoisotopic (exact) mass is 214 g/mol. The summed E-state index contributed by atoms with van der Waals surface area (Å²) >= 11 is 0. The highest BCUT2D eigenvalue weighted by molar-refractivity contribution is 5.81. The quantitative estimate of drug-likeness (QED) is 0.529. The van der Waals surface area contributed by atoms with Crippen molar-refractivity contribution in [2.24, 2.45) is 0 Å². The van der Waals surface area contributed by atoms with E-state index in [1.807, 2.05) is 20.8 Å². The van der Waals surface area contributed by atoms with Crippen molar-refractivity contribution in [1.29, 1.82) is 0 Å². The van der Waals surface area contributed by atoms with Gasteiger partial charge in [-0.25, -0.2) is 4.79 Å². The number of hydrogen-bond donors (Lipinski definition) is 0. The Kier molecular flexibility index (Phi) is 5.67. The lowest BCUT2D eigenvalue weighted by Crippen LogP contribution is -2.23. The number of rotatable bonds is 4. The largest absolute Gasteiger partial charge is 0.466 e. The molecule has 15 heavy (non-hydrogen) atoms. The average molecular weight is 214 g/mol. The predicted molar refractivity (Wildman–Crippen MR) is 56.2 cm³/mol. The molecule has 0 saturated heterocycles. The SMILES string of the molecule is COC(=O)/C=C/CCC(=O)OC(C)(C)C. The third-order valence-corrected chi connectivity index (χ3v) is 1.39. The van der Waals surface area contributed by atoms with Gasteiger partial charge in [0.05, 0.1) is 7.11 Å². The molecule has 0 atom stereocenters. The molecular weight excluding hydrogens is 196 g/mol. The summed E-state index contributed by atoms with van der Waals surface area (Å²) in [6.45, 7) is 5.44. The van der Waals surface area contributed by atoms with Crippen LogP contribution in [0.25, 0.3) is 0 Å². The van der Waals surface area contributed by atoms with Crippen LogP contribution in [0.5, 0.6) is 0 Å². The van der Waals surface area contributed by atoms with Crippen molar-refractivity contribution in [3.8, 4) is 0 Å². The molecular formula is C11H18O4. The van der Waals surface area contributed by atoms with Crippen molar-refractivity contribution in [3.63, 3.8) is 0 Å². The Morgan fingerprint density at radius 3 is 2.33 bits per heavy atom. The summed E-state index contributed by atoms with van der Waals surface area (Å²) < 4.78 is 9.48. The molecule has 0 spiro atoms. The van der Waals surface area contributed by atoms with Crippen molar-refractivity contribution in [3.05, 3.63) is 12.2 Å². The van der Waals surface area contributed by atoms with E-state index < -0.39 is 11.6 Å². The fourth-order valence-electron chi connectivity index (χ4n) is 0.841. The van der Waals surface area contributed by atoms with Gasteiger partial charge in [-0.1, -0.05) is 6.08 Å². The van der Waals surface area contributed by atoms with E-state index in [0.717, 1.165) is 0 Å². The Hall–Kier alpha value is -1.32. The summed E-state index contributed by atoms with van der Waals surface area (Å²) in [4.78, 5) is 21.9. The Morgan fingerprint density at radius 1 is 1.27 bits per heavy atom. The Balaban J connectivity index is 3.74. The molecule has 0 amide bonds. The molecule has 0 aromatic carbocycles. The van der Waals surface area contributed by atoms with E-state index >= 15 is 0 Å². The summed E-state index contributed by atoms with van der Waals surface area (Å²) in [5.41, 5.74) is -0.455. The molecule has 0 aliphatic rings. The minimum Gasteiger partial charge on any atom is -0.466 e. The second-order valence-electron chi connectivity index (χ2n) is 4.05. The van der Waals surface area contributed by atoms with Crippen LogP contribution in [-0.2, 0) is 19.1 Å². The van der Waals surface area contributed by atoms with Gasteiger partial charge >= 0.3 is 11.9 Å². The maximum Gasteiger partial charge on any atom is 0.330 e. The zero-order valence-corrected chi connectivity index (χ0v) is 9.70. The van der Waals surface area contributed by atoms with Gasteiger partial charge in [-0.2, -0.15) is 0 Å². The molecule has 0 saturated carbocycles. The van der Waals surface area contributed by atoms with Crippen LogP contribution in [0.15, 0.2) is 12.2 Å². The molecule has 0 bridgehead atoms. The van der Waals surface area contributed by atoms with Gasteiger partial charge in [0.15, 0.2) is 0 Å². The molecule has 0 aromatic rings. The first-order valence-corrected chi connectivity index (χ1v) is 4.81. The molecule has 0 rings (SSSR count). The highest BCUT2D eigenvalue weighted by Crippen LogP contribution is 2.09. The van der Waals surface area contributed by atoms with E-state index in [-0.39, 0.29) is 12.4 Å². The lowest BCUT2D eigenvalue weighted by molar-refractivity contribution is -0.154. The first-order chi connectivity index (χ1) is 6.85. The number of ether oxygens (including phenoxy) is 2. The Morgan fingerprint density at radius 2 is 1.87 bits per heavy atom. The molecule has 0 fully saturated rings. The van der Waals surface area contributed by atoms with Crippen molar-refractivity contribution in [2.45, 2.75) is 39.2 Å². The van der Waals surface area contributed by atoms with E-state index in [9.17, 15) is 9.59 Å². The van der Waals surface area contributed by atoms with Crippen LogP contribution in [0.2, 0.25) is 0 Å². The minimum absolute atomic E-state index is 0.267. The second kappa shape index (κ2) is 6.22. The van der Waals surface area contributed by atoms with Crippen LogP contribution in [0.1, 0.15) is 33.6 Å². The van der Waals surface area contributed by atoms with Crippen molar-refractivity contribution >= 4 is 11.9 Å². The fourth-order valence-corrected chi connectivity index (χ4v) is 0.841. The van der Waals surface area contributed by atoms with Gasteiger partial charge in [0.1, 0.15) is 5.60 Å². The summed E-state index contributed by atoms with van der Waals surface area (Å²) in [6, 6.07) is 0. The molecule has 0 radical (unpaired) electrons. The normalized spacial score (nSPS) is 11.5. The van der Waals surface area contributed by atoms with E-state index in [4.69, 9.17) is 4.74 Å². The molecule has 0 aromatic heterocycles. The molecule has 4 heteroatoms. The first-order valence-electron chi connectivity index (χ1n) is 4.81. The Bertz CT molecular complexity index is 248. The van der Waals surface area contributed by atoms with Crippen LogP contribution >= 0.6 is 0 Å². The number of allylic oxidation sites excluding steroid dienone is 1. The highest BCUT2D eigenvalue weighted by Gasteiger charge is 2.15. The van der Waals surface area contributed by atoms with Gasteiger partial charge in [0.2, 0.25) is 0 Å². The Labute approximate surface area is 90.2 Å². The van der Waals surface area contributed by atoms with Crippen LogP contribution in [-0.4, -0.2) is 24.6 Å². The lowest BCUT2D eigenvalue weighted by Gasteiger charge is -2.19. The third kappa shape index (κ3) is 9.00. The molecule has 0 N–H and O–H groups in total. The van der Waals surface area contributed by atoms with Crippen molar-refractivity contribution in [2.75, 3.05) is 7.11 Å². The molecule has 4 nitrogen and oxygen atoms in total. The first kappa shape index (κ1) is 13.7. The van der Waals surface area contributed by atoms with Crippen molar-refractivity contribution < 1.29 is 19.1 Å². The molecule has 0 aliphatic carbocycles. The van der Waals surface area contributed by atoms with Gasteiger partial charge in [-0.15, -0.1) is 0 Å². The predicted octanol–water partition coefficient (Wildman–Crippen LogP) is 1.84. The topological polar surface area (TPSA) is 52.6 Å².